The fourth-order valence-electron chi connectivity index (χ4n) is 2.18. The van der Waals surface area contributed by atoms with E-state index in [1.54, 1.807) is 18.2 Å². The lowest BCUT2D eigenvalue weighted by atomic mass is 9.99. The number of hydrogen-bond donors (Lipinski definition) is 1. The molecular weight excluding hydrogens is 360 g/mol. The van der Waals surface area contributed by atoms with Crippen LogP contribution in [0.25, 0.3) is 11.1 Å². The van der Waals surface area contributed by atoms with E-state index in [9.17, 15) is 8.78 Å². The van der Waals surface area contributed by atoms with Gasteiger partial charge < -0.3 is 5.32 Å². The summed E-state index contributed by atoms with van der Waals surface area (Å²) in [4.78, 5) is 0. The van der Waals surface area contributed by atoms with Crippen LogP contribution < -0.4 is 5.32 Å². The van der Waals surface area contributed by atoms with E-state index in [0.29, 0.717) is 4.47 Å². The lowest BCUT2D eigenvalue weighted by Crippen LogP contribution is -2.17. The van der Waals surface area contributed by atoms with Crippen LogP contribution in [0.3, 0.4) is 0 Å². The van der Waals surface area contributed by atoms with Gasteiger partial charge in [0.25, 0.3) is 0 Å². The van der Waals surface area contributed by atoms with E-state index in [4.69, 9.17) is 11.6 Å². The molecule has 0 heterocycles. The quantitative estimate of drug-likeness (QED) is 0.675. The second-order valence-electron chi connectivity index (χ2n) is 4.74. The summed E-state index contributed by atoms with van der Waals surface area (Å²) >= 11 is 9.03. The summed E-state index contributed by atoms with van der Waals surface area (Å²) in [7, 11) is 0. The molecule has 2 rings (SSSR count). The smallest absolute Gasteiger partial charge is 0.150 e. The van der Waals surface area contributed by atoms with Crippen molar-refractivity contribution in [3.05, 3.63) is 57.0 Å². The number of nitrogens with one attached hydrogen (secondary N) is 1. The van der Waals surface area contributed by atoms with Gasteiger partial charge in [0.15, 0.2) is 5.82 Å². The lowest BCUT2D eigenvalue weighted by Gasteiger charge is -2.15. The third-order valence-corrected chi connectivity index (χ3v) is 4.58. The van der Waals surface area contributed by atoms with Gasteiger partial charge in [-0.15, -0.1) is 0 Å². The third-order valence-electron chi connectivity index (χ3n) is 3.33. The number of rotatable bonds is 4. The minimum atomic E-state index is -0.627. The Balaban J connectivity index is 2.53. The highest BCUT2D eigenvalue weighted by Gasteiger charge is 2.16. The average molecular weight is 375 g/mol. The van der Waals surface area contributed by atoms with E-state index in [0.717, 1.165) is 12.1 Å². The van der Waals surface area contributed by atoms with Crippen LogP contribution in [0.2, 0.25) is 5.02 Å². The van der Waals surface area contributed by atoms with E-state index in [-0.39, 0.29) is 22.2 Å². The van der Waals surface area contributed by atoms with Gasteiger partial charge in [-0.05, 0) is 53.2 Å². The van der Waals surface area contributed by atoms with Gasteiger partial charge in [-0.1, -0.05) is 30.7 Å². The summed E-state index contributed by atoms with van der Waals surface area (Å²) in [5.41, 5.74) is 1.27. The van der Waals surface area contributed by atoms with Crippen molar-refractivity contribution < 1.29 is 8.78 Å². The van der Waals surface area contributed by atoms with Gasteiger partial charge in [-0.3, -0.25) is 0 Å². The highest BCUT2D eigenvalue weighted by Crippen LogP contribution is 2.35. The van der Waals surface area contributed by atoms with Gasteiger partial charge in [-0.25, -0.2) is 8.78 Å². The van der Waals surface area contributed by atoms with Crippen LogP contribution >= 0.6 is 27.5 Å². The lowest BCUT2D eigenvalue weighted by molar-refractivity contribution is 0.591. The van der Waals surface area contributed by atoms with Gasteiger partial charge >= 0.3 is 0 Å². The molecule has 1 nitrogen and oxygen atoms in total. The van der Waals surface area contributed by atoms with Crippen LogP contribution in [0.15, 0.2) is 34.8 Å². The first-order chi connectivity index (χ1) is 9.95. The topological polar surface area (TPSA) is 12.0 Å². The largest absolute Gasteiger partial charge is 0.310 e. The SMILES string of the molecule is CCNC(C)c1ccc(F)c(-c2ccc(Br)c(Cl)c2F)c1. The second-order valence-corrected chi connectivity index (χ2v) is 5.97. The van der Waals surface area contributed by atoms with E-state index in [2.05, 4.69) is 21.2 Å². The van der Waals surface area contributed by atoms with Crippen LogP contribution in [-0.2, 0) is 0 Å². The van der Waals surface area contributed by atoms with Crippen LogP contribution in [0.1, 0.15) is 25.5 Å². The monoisotopic (exact) mass is 373 g/mol. The molecule has 0 bridgehead atoms. The fourth-order valence-corrected chi connectivity index (χ4v) is 2.65. The molecule has 1 unspecified atom stereocenters. The highest BCUT2D eigenvalue weighted by atomic mass is 79.9. The normalized spacial score (nSPS) is 12.5. The van der Waals surface area contributed by atoms with Gasteiger partial charge in [0.1, 0.15) is 5.82 Å². The molecule has 1 atom stereocenters. The molecule has 0 spiro atoms. The van der Waals surface area contributed by atoms with Gasteiger partial charge in [0.2, 0.25) is 0 Å². The Morgan fingerprint density at radius 3 is 2.57 bits per heavy atom. The van der Waals surface area contributed by atoms with Crippen molar-refractivity contribution in [1.29, 1.82) is 0 Å². The van der Waals surface area contributed by atoms with Crippen molar-refractivity contribution >= 4 is 27.5 Å². The Hall–Kier alpha value is -0.970. The first-order valence-electron chi connectivity index (χ1n) is 6.62. The molecule has 0 radical (unpaired) electrons. The molecule has 0 saturated heterocycles. The Morgan fingerprint density at radius 2 is 1.90 bits per heavy atom. The van der Waals surface area contributed by atoms with Gasteiger partial charge in [0.05, 0.1) is 5.02 Å². The maximum Gasteiger partial charge on any atom is 0.150 e. The number of halogens is 4. The zero-order valence-corrected chi connectivity index (χ0v) is 14.0. The summed E-state index contributed by atoms with van der Waals surface area (Å²) in [6, 6.07) is 7.90. The highest BCUT2D eigenvalue weighted by molar-refractivity contribution is 9.10. The predicted molar refractivity (Wildman–Crippen MR) is 86.6 cm³/mol. The fraction of sp³-hybridized carbons (Fsp3) is 0.250. The van der Waals surface area contributed by atoms with Crippen molar-refractivity contribution in [2.45, 2.75) is 19.9 Å². The van der Waals surface area contributed by atoms with Crippen molar-refractivity contribution in [3.8, 4) is 11.1 Å². The first-order valence-corrected chi connectivity index (χ1v) is 7.79. The van der Waals surface area contributed by atoms with Crippen LogP contribution in [0.5, 0.6) is 0 Å². The molecule has 2 aromatic carbocycles. The molecule has 0 aliphatic rings. The summed E-state index contributed by atoms with van der Waals surface area (Å²) in [5, 5.41) is 3.20. The Bertz CT molecular complexity index is 661. The van der Waals surface area contributed by atoms with Crippen LogP contribution in [0.4, 0.5) is 8.78 Å². The summed E-state index contributed by atoms with van der Waals surface area (Å²) in [5.74, 6) is -1.10. The van der Waals surface area contributed by atoms with Crippen LogP contribution in [0, 0.1) is 11.6 Å². The Morgan fingerprint density at radius 1 is 1.19 bits per heavy atom. The Kier molecular flexibility index (Phi) is 5.36. The van der Waals surface area contributed by atoms with Gasteiger partial charge in [0, 0.05) is 21.6 Å². The minimum absolute atomic E-state index is 0.0444. The maximum atomic E-state index is 14.3. The molecular formula is C16H15BrClF2N. The molecule has 0 aliphatic heterocycles. The van der Waals surface area contributed by atoms with Gasteiger partial charge in [-0.2, -0.15) is 0 Å². The predicted octanol–water partition coefficient (Wildman–Crippen LogP) is 5.72. The molecule has 112 valence electrons. The molecule has 2 aromatic rings. The molecule has 0 saturated carbocycles. The molecule has 0 amide bonds. The van der Waals surface area contributed by atoms with Crippen molar-refractivity contribution in [2.75, 3.05) is 6.54 Å². The third kappa shape index (κ3) is 3.44. The summed E-state index contributed by atoms with van der Waals surface area (Å²) < 4.78 is 28.8. The summed E-state index contributed by atoms with van der Waals surface area (Å²) in [6.07, 6.45) is 0. The molecule has 0 fully saturated rings. The second kappa shape index (κ2) is 6.86. The average Bonchev–Trinajstić information content (AvgIpc) is 2.46. The molecule has 1 N–H and O–H groups in total. The maximum absolute atomic E-state index is 14.3. The van der Waals surface area contributed by atoms with E-state index < -0.39 is 11.6 Å². The van der Waals surface area contributed by atoms with Crippen molar-refractivity contribution in [1.82, 2.24) is 5.32 Å². The zero-order chi connectivity index (χ0) is 15.6. The summed E-state index contributed by atoms with van der Waals surface area (Å²) in [6.45, 7) is 4.77. The Labute approximate surface area is 136 Å². The van der Waals surface area contributed by atoms with Crippen molar-refractivity contribution in [3.63, 3.8) is 0 Å². The molecule has 0 aromatic heterocycles. The first kappa shape index (κ1) is 16.4. The van der Waals surface area contributed by atoms with Crippen LogP contribution in [-0.4, -0.2) is 6.54 Å². The molecule has 0 aliphatic carbocycles. The van der Waals surface area contributed by atoms with E-state index in [1.165, 1.54) is 12.1 Å². The minimum Gasteiger partial charge on any atom is -0.310 e. The van der Waals surface area contributed by atoms with Crippen molar-refractivity contribution in [2.24, 2.45) is 0 Å². The van der Waals surface area contributed by atoms with E-state index >= 15 is 0 Å². The molecule has 5 heteroatoms. The van der Waals surface area contributed by atoms with E-state index in [1.807, 2.05) is 13.8 Å². The standard InChI is InChI=1S/C16H15BrClF2N/c1-3-21-9(2)10-4-7-14(19)12(8-10)11-5-6-13(17)15(18)16(11)20/h4-9,21H,3H2,1-2H3. The molecule has 21 heavy (non-hydrogen) atoms. The number of benzene rings is 2. The number of hydrogen-bond acceptors (Lipinski definition) is 1. The zero-order valence-electron chi connectivity index (χ0n) is 11.7.